The molecule has 64 valence electrons. The molecule has 1 rings (SSSR count). The molecule has 0 amide bonds. The quantitative estimate of drug-likeness (QED) is 0.474. The van der Waals surface area contributed by atoms with E-state index in [1.807, 2.05) is 0 Å². The maximum Gasteiger partial charge on any atom is 0.285 e. The summed E-state index contributed by atoms with van der Waals surface area (Å²) in [6, 6.07) is 4.71. The molecule has 0 aliphatic carbocycles. The lowest BCUT2D eigenvalue weighted by Crippen LogP contribution is -1.91. The van der Waals surface area contributed by atoms with E-state index in [2.05, 4.69) is 0 Å². The van der Waals surface area contributed by atoms with Crippen LogP contribution in [0, 0.1) is 20.6 Å². The molecule has 0 atom stereocenters. The van der Waals surface area contributed by atoms with Crippen molar-refractivity contribution in [3.8, 4) is 0 Å². The van der Waals surface area contributed by atoms with Crippen LogP contribution < -0.4 is 0 Å². The Morgan fingerprint density at radius 3 is 2.67 bits per heavy atom. The molecule has 0 fully saturated rings. The molecule has 0 bridgehead atoms. The van der Waals surface area contributed by atoms with E-state index in [1.165, 1.54) is 6.07 Å². The number of hydrogen-bond donors (Lipinski definition) is 0. The molecule has 0 N–H and O–H groups in total. The van der Waals surface area contributed by atoms with Gasteiger partial charge in [-0.3, -0.25) is 13.2 Å². The predicted octanol–water partition coefficient (Wildman–Crippen LogP) is 2.39. The standard InChI is InChI=1S/C7H6INO3/c1-5-2-3-6(8-10)7(4-5)9(11)12/h2-4H,1H3. The molecule has 12 heavy (non-hydrogen) atoms. The highest BCUT2D eigenvalue weighted by molar-refractivity contribution is 14.1. The van der Waals surface area contributed by atoms with Gasteiger partial charge in [0.05, 0.1) is 4.92 Å². The molecule has 1 aromatic carbocycles. The summed E-state index contributed by atoms with van der Waals surface area (Å²) >= 11 is -1.45. The van der Waals surface area contributed by atoms with Gasteiger partial charge in [-0.2, -0.15) is 0 Å². The van der Waals surface area contributed by atoms with Gasteiger partial charge < -0.3 is 0 Å². The Morgan fingerprint density at radius 2 is 2.17 bits per heavy atom. The average molecular weight is 279 g/mol. The van der Waals surface area contributed by atoms with Crippen molar-refractivity contribution in [1.29, 1.82) is 0 Å². The molecule has 0 heterocycles. The van der Waals surface area contributed by atoms with Gasteiger partial charge in [0.1, 0.15) is 3.57 Å². The molecule has 0 radical (unpaired) electrons. The second-order valence-corrected chi connectivity index (χ2v) is 3.89. The minimum atomic E-state index is -1.45. The Hall–Kier alpha value is -0.850. The molecule has 0 unspecified atom stereocenters. The Bertz CT molecular complexity index is 337. The number of nitro groups is 1. The molecular formula is C7H6INO3. The fourth-order valence-corrected chi connectivity index (χ4v) is 1.73. The van der Waals surface area contributed by atoms with Crippen molar-refractivity contribution in [1.82, 2.24) is 0 Å². The minimum absolute atomic E-state index is 0.0298. The van der Waals surface area contributed by atoms with Crippen LogP contribution >= 0.6 is 21.2 Å². The Labute approximate surface area is 79.4 Å². The largest absolute Gasteiger partial charge is 0.285 e. The lowest BCUT2D eigenvalue weighted by molar-refractivity contribution is -0.385. The lowest BCUT2D eigenvalue weighted by Gasteiger charge is -1.95. The first-order valence-corrected chi connectivity index (χ1v) is 5.13. The number of rotatable bonds is 2. The molecule has 0 saturated carbocycles. The highest BCUT2D eigenvalue weighted by Gasteiger charge is 2.12. The number of nitrogens with zero attached hydrogens (tertiary/aromatic N) is 1. The molecule has 0 aliphatic heterocycles. The second-order valence-electron chi connectivity index (χ2n) is 2.29. The summed E-state index contributed by atoms with van der Waals surface area (Å²) < 4.78 is 10.9. The number of halogens is 1. The third-order valence-corrected chi connectivity index (χ3v) is 2.77. The third-order valence-electron chi connectivity index (χ3n) is 1.38. The molecule has 0 aliphatic rings. The van der Waals surface area contributed by atoms with Crippen LogP contribution in [-0.2, 0) is 3.07 Å². The van der Waals surface area contributed by atoms with Crippen LogP contribution in [-0.4, -0.2) is 4.92 Å². The topological polar surface area (TPSA) is 60.2 Å². The summed E-state index contributed by atoms with van der Waals surface area (Å²) in [5.41, 5.74) is 0.778. The van der Waals surface area contributed by atoms with Crippen molar-refractivity contribution in [2.24, 2.45) is 0 Å². The lowest BCUT2D eigenvalue weighted by atomic mass is 10.2. The van der Waals surface area contributed by atoms with Gasteiger partial charge >= 0.3 is 0 Å². The van der Waals surface area contributed by atoms with Crippen LogP contribution in [0.3, 0.4) is 0 Å². The highest BCUT2D eigenvalue weighted by atomic mass is 127. The van der Waals surface area contributed by atoms with Crippen molar-refractivity contribution in [3.63, 3.8) is 0 Å². The highest BCUT2D eigenvalue weighted by Crippen LogP contribution is 2.24. The molecular weight excluding hydrogens is 273 g/mol. The van der Waals surface area contributed by atoms with Crippen LogP contribution in [0.25, 0.3) is 0 Å². The van der Waals surface area contributed by atoms with Gasteiger partial charge in [-0.1, -0.05) is 6.07 Å². The van der Waals surface area contributed by atoms with Crippen molar-refractivity contribution < 1.29 is 7.99 Å². The number of aryl methyl sites for hydroxylation is 1. The van der Waals surface area contributed by atoms with Crippen molar-refractivity contribution in [2.75, 3.05) is 0 Å². The molecule has 1 aromatic rings. The monoisotopic (exact) mass is 279 g/mol. The smallest absolute Gasteiger partial charge is 0.265 e. The molecule has 4 nitrogen and oxygen atoms in total. The van der Waals surface area contributed by atoms with Gasteiger partial charge in [0.2, 0.25) is 0 Å². The van der Waals surface area contributed by atoms with Gasteiger partial charge in [-0.25, -0.2) is 0 Å². The normalized spacial score (nSPS) is 9.75. The first-order valence-electron chi connectivity index (χ1n) is 3.17. The summed E-state index contributed by atoms with van der Waals surface area (Å²) in [5, 5.41) is 10.4. The van der Waals surface area contributed by atoms with Crippen molar-refractivity contribution in [3.05, 3.63) is 37.4 Å². The van der Waals surface area contributed by atoms with Gasteiger partial charge in [-0.05, 0) is 18.6 Å². The van der Waals surface area contributed by atoms with E-state index >= 15 is 0 Å². The molecule has 0 saturated heterocycles. The van der Waals surface area contributed by atoms with E-state index in [9.17, 15) is 13.2 Å². The third kappa shape index (κ3) is 1.84. The van der Waals surface area contributed by atoms with Crippen LogP contribution in [0.2, 0.25) is 0 Å². The maximum absolute atomic E-state index is 10.6. The summed E-state index contributed by atoms with van der Waals surface area (Å²) in [6.45, 7) is 1.76. The van der Waals surface area contributed by atoms with Crippen molar-refractivity contribution in [2.45, 2.75) is 6.92 Å². The maximum atomic E-state index is 10.6. The van der Waals surface area contributed by atoms with E-state index in [-0.39, 0.29) is 5.69 Å². The molecule has 5 heteroatoms. The average Bonchev–Trinajstić information content (AvgIpc) is 2.04. The number of nitro benzene ring substituents is 1. The Morgan fingerprint density at radius 1 is 1.50 bits per heavy atom. The zero-order valence-corrected chi connectivity index (χ0v) is 8.44. The van der Waals surface area contributed by atoms with Crippen LogP contribution in [0.15, 0.2) is 18.2 Å². The second kappa shape index (κ2) is 3.70. The Kier molecular flexibility index (Phi) is 2.85. The van der Waals surface area contributed by atoms with Gasteiger partial charge in [0.15, 0.2) is 21.2 Å². The van der Waals surface area contributed by atoms with Gasteiger partial charge in [0, 0.05) is 6.07 Å². The van der Waals surface area contributed by atoms with Crippen LogP contribution in [0.1, 0.15) is 5.56 Å². The fraction of sp³-hybridized carbons (Fsp3) is 0.143. The van der Waals surface area contributed by atoms with Gasteiger partial charge in [0.25, 0.3) is 5.69 Å². The number of benzene rings is 1. The van der Waals surface area contributed by atoms with E-state index in [1.54, 1.807) is 19.1 Å². The van der Waals surface area contributed by atoms with E-state index in [0.717, 1.165) is 5.56 Å². The van der Waals surface area contributed by atoms with Crippen molar-refractivity contribution >= 4 is 26.9 Å². The summed E-state index contributed by atoms with van der Waals surface area (Å²) in [6.07, 6.45) is 0. The van der Waals surface area contributed by atoms with Gasteiger partial charge in [-0.15, -0.1) is 0 Å². The van der Waals surface area contributed by atoms with E-state index in [4.69, 9.17) is 0 Å². The minimum Gasteiger partial charge on any atom is -0.265 e. The Balaban J connectivity index is 3.30. The summed E-state index contributed by atoms with van der Waals surface area (Å²) in [4.78, 5) is 9.92. The zero-order chi connectivity index (χ0) is 9.14. The van der Waals surface area contributed by atoms with E-state index in [0.29, 0.717) is 3.57 Å². The first-order chi connectivity index (χ1) is 5.65. The zero-order valence-electron chi connectivity index (χ0n) is 6.28. The fourth-order valence-electron chi connectivity index (χ4n) is 0.828. The van der Waals surface area contributed by atoms with E-state index < -0.39 is 26.1 Å². The SMILES string of the molecule is Cc1ccc(I=O)c([N+](=O)[O-])c1. The van der Waals surface area contributed by atoms with Crippen LogP contribution in [0.4, 0.5) is 5.69 Å². The first kappa shape index (κ1) is 9.24. The predicted molar refractivity (Wildman–Crippen MR) is 51.2 cm³/mol. The molecule has 0 aromatic heterocycles. The summed E-state index contributed by atoms with van der Waals surface area (Å²) in [7, 11) is 0. The summed E-state index contributed by atoms with van der Waals surface area (Å²) in [5.74, 6) is 0. The van der Waals surface area contributed by atoms with Crippen LogP contribution in [0.5, 0.6) is 0 Å². The number of hydrogen-bond acceptors (Lipinski definition) is 3. The molecule has 0 spiro atoms.